The van der Waals surface area contributed by atoms with Gasteiger partial charge in [-0.15, -0.1) is 11.6 Å². The third-order valence-corrected chi connectivity index (χ3v) is 3.13. The number of carbonyl (C=O) groups excluding carboxylic acids is 1. The van der Waals surface area contributed by atoms with Gasteiger partial charge >= 0.3 is 0 Å². The normalized spacial score (nSPS) is 12.6. The van der Waals surface area contributed by atoms with Gasteiger partial charge in [-0.1, -0.05) is 19.9 Å². The minimum atomic E-state index is -0.485. The average molecular weight is 272 g/mol. The molecule has 0 aliphatic heterocycles. The molecule has 1 N–H and O–H groups in total. The summed E-state index contributed by atoms with van der Waals surface area (Å²) in [5.74, 6) is -0.127. The SMILES string of the molecule is Cc1ccc(C(=O)NC(CCCl)C(C)C)c(F)c1. The molecule has 1 aromatic carbocycles. The molecule has 0 aliphatic carbocycles. The molecule has 1 atom stereocenters. The summed E-state index contributed by atoms with van der Waals surface area (Å²) in [7, 11) is 0. The molecule has 18 heavy (non-hydrogen) atoms. The van der Waals surface area contributed by atoms with Gasteiger partial charge in [0.25, 0.3) is 5.91 Å². The van der Waals surface area contributed by atoms with Gasteiger partial charge in [0.15, 0.2) is 0 Å². The fourth-order valence-corrected chi connectivity index (χ4v) is 1.98. The third kappa shape index (κ3) is 3.98. The fourth-order valence-electron chi connectivity index (χ4n) is 1.74. The molecule has 1 aromatic rings. The van der Waals surface area contributed by atoms with Crippen LogP contribution in [0.15, 0.2) is 18.2 Å². The highest BCUT2D eigenvalue weighted by molar-refractivity contribution is 6.17. The highest BCUT2D eigenvalue weighted by Crippen LogP contribution is 2.12. The van der Waals surface area contributed by atoms with Crippen LogP contribution in [0.2, 0.25) is 0 Å². The second kappa shape index (κ2) is 6.74. The number of benzene rings is 1. The molecular weight excluding hydrogens is 253 g/mol. The summed E-state index contributed by atoms with van der Waals surface area (Å²) in [5, 5.41) is 2.83. The second-order valence-electron chi connectivity index (χ2n) is 4.78. The van der Waals surface area contributed by atoms with E-state index in [1.54, 1.807) is 13.0 Å². The van der Waals surface area contributed by atoms with Gasteiger partial charge in [-0.25, -0.2) is 4.39 Å². The zero-order chi connectivity index (χ0) is 13.7. The van der Waals surface area contributed by atoms with Crippen molar-refractivity contribution in [3.05, 3.63) is 35.1 Å². The van der Waals surface area contributed by atoms with E-state index in [9.17, 15) is 9.18 Å². The van der Waals surface area contributed by atoms with Crippen molar-refractivity contribution in [3.63, 3.8) is 0 Å². The number of halogens is 2. The highest BCUT2D eigenvalue weighted by atomic mass is 35.5. The molecular formula is C14H19ClFNO. The van der Waals surface area contributed by atoms with Crippen molar-refractivity contribution in [3.8, 4) is 0 Å². The van der Waals surface area contributed by atoms with Crippen molar-refractivity contribution in [1.82, 2.24) is 5.32 Å². The Balaban J connectivity index is 2.80. The molecule has 1 unspecified atom stereocenters. The molecule has 0 aromatic heterocycles. The molecule has 1 amide bonds. The van der Waals surface area contributed by atoms with E-state index < -0.39 is 5.82 Å². The second-order valence-corrected chi connectivity index (χ2v) is 5.16. The Morgan fingerprint density at radius 3 is 2.61 bits per heavy atom. The van der Waals surface area contributed by atoms with Crippen LogP contribution in [0.3, 0.4) is 0 Å². The lowest BCUT2D eigenvalue weighted by Crippen LogP contribution is -2.39. The van der Waals surface area contributed by atoms with Crippen molar-refractivity contribution >= 4 is 17.5 Å². The largest absolute Gasteiger partial charge is 0.349 e. The van der Waals surface area contributed by atoms with E-state index in [0.717, 1.165) is 5.56 Å². The number of aryl methyl sites for hydroxylation is 1. The Hall–Kier alpha value is -1.09. The predicted octanol–water partition coefficient (Wildman–Crippen LogP) is 3.52. The van der Waals surface area contributed by atoms with Crippen LogP contribution < -0.4 is 5.32 Å². The van der Waals surface area contributed by atoms with Crippen LogP contribution in [-0.4, -0.2) is 17.8 Å². The van der Waals surface area contributed by atoms with E-state index in [2.05, 4.69) is 5.32 Å². The topological polar surface area (TPSA) is 29.1 Å². The fraction of sp³-hybridized carbons (Fsp3) is 0.500. The molecule has 0 bridgehead atoms. The number of carbonyl (C=O) groups is 1. The molecule has 0 radical (unpaired) electrons. The van der Waals surface area contributed by atoms with E-state index >= 15 is 0 Å². The summed E-state index contributed by atoms with van der Waals surface area (Å²) >= 11 is 5.70. The zero-order valence-electron chi connectivity index (χ0n) is 11.0. The van der Waals surface area contributed by atoms with Gasteiger partial charge in [-0.3, -0.25) is 4.79 Å². The maximum absolute atomic E-state index is 13.7. The Morgan fingerprint density at radius 2 is 2.11 bits per heavy atom. The quantitative estimate of drug-likeness (QED) is 0.816. The summed E-state index contributed by atoms with van der Waals surface area (Å²) in [5.41, 5.74) is 0.881. The van der Waals surface area contributed by atoms with Crippen LogP contribution in [0.25, 0.3) is 0 Å². The van der Waals surface area contributed by atoms with Gasteiger partial charge in [0.1, 0.15) is 5.82 Å². The van der Waals surface area contributed by atoms with Crippen LogP contribution in [-0.2, 0) is 0 Å². The molecule has 0 heterocycles. The Bertz CT molecular complexity index is 420. The monoisotopic (exact) mass is 271 g/mol. The first-order chi connectivity index (χ1) is 8.45. The number of hydrogen-bond acceptors (Lipinski definition) is 1. The van der Waals surface area contributed by atoms with Gasteiger partial charge in [0, 0.05) is 11.9 Å². The molecule has 100 valence electrons. The first-order valence-corrected chi connectivity index (χ1v) is 6.62. The number of rotatable bonds is 5. The van der Waals surface area contributed by atoms with Crippen molar-refractivity contribution < 1.29 is 9.18 Å². The molecule has 0 fully saturated rings. The first-order valence-electron chi connectivity index (χ1n) is 6.08. The first kappa shape index (κ1) is 15.0. The summed E-state index contributed by atoms with van der Waals surface area (Å²) in [4.78, 5) is 12.0. The minimum Gasteiger partial charge on any atom is -0.349 e. The van der Waals surface area contributed by atoms with Gasteiger partial charge in [-0.05, 0) is 37.0 Å². The molecule has 0 saturated carbocycles. The summed E-state index contributed by atoms with van der Waals surface area (Å²) < 4.78 is 13.7. The average Bonchev–Trinajstić information content (AvgIpc) is 2.27. The Morgan fingerprint density at radius 1 is 1.44 bits per heavy atom. The van der Waals surface area contributed by atoms with E-state index in [-0.39, 0.29) is 23.4 Å². The lowest BCUT2D eigenvalue weighted by Gasteiger charge is -2.21. The van der Waals surface area contributed by atoms with Gasteiger partial charge < -0.3 is 5.32 Å². The van der Waals surface area contributed by atoms with Crippen molar-refractivity contribution in [2.75, 3.05) is 5.88 Å². The van der Waals surface area contributed by atoms with E-state index in [0.29, 0.717) is 12.3 Å². The summed E-state index contributed by atoms with van der Waals surface area (Å²) in [6, 6.07) is 4.57. The zero-order valence-corrected chi connectivity index (χ0v) is 11.7. The predicted molar refractivity (Wildman–Crippen MR) is 72.6 cm³/mol. The number of hydrogen-bond donors (Lipinski definition) is 1. The van der Waals surface area contributed by atoms with E-state index in [4.69, 9.17) is 11.6 Å². The smallest absolute Gasteiger partial charge is 0.254 e. The Kier molecular flexibility index (Phi) is 5.60. The van der Waals surface area contributed by atoms with Crippen molar-refractivity contribution in [2.45, 2.75) is 33.2 Å². The number of nitrogens with one attached hydrogen (secondary N) is 1. The summed E-state index contributed by atoms with van der Waals surface area (Å²) in [6.07, 6.45) is 0.679. The standard InChI is InChI=1S/C14H19ClFNO/c1-9(2)13(6-7-15)17-14(18)11-5-4-10(3)8-12(11)16/h4-5,8-9,13H,6-7H2,1-3H3,(H,17,18). The number of amides is 1. The van der Waals surface area contributed by atoms with E-state index in [1.165, 1.54) is 12.1 Å². The maximum atomic E-state index is 13.7. The van der Waals surface area contributed by atoms with Crippen LogP contribution in [0.1, 0.15) is 36.2 Å². The molecule has 0 saturated heterocycles. The van der Waals surface area contributed by atoms with Crippen LogP contribution in [0, 0.1) is 18.7 Å². The highest BCUT2D eigenvalue weighted by Gasteiger charge is 2.18. The molecule has 2 nitrogen and oxygen atoms in total. The van der Waals surface area contributed by atoms with Gasteiger partial charge in [0.05, 0.1) is 5.56 Å². The van der Waals surface area contributed by atoms with E-state index in [1.807, 2.05) is 13.8 Å². The minimum absolute atomic E-state index is 0.0318. The van der Waals surface area contributed by atoms with Crippen LogP contribution >= 0.6 is 11.6 Å². The third-order valence-electron chi connectivity index (χ3n) is 2.91. The Labute approximate surface area is 113 Å². The number of alkyl halides is 1. The van der Waals surface area contributed by atoms with Crippen molar-refractivity contribution in [1.29, 1.82) is 0 Å². The lowest BCUT2D eigenvalue weighted by atomic mass is 10.0. The molecule has 0 aliphatic rings. The molecule has 4 heteroatoms. The summed E-state index contributed by atoms with van der Waals surface area (Å²) in [6.45, 7) is 5.79. The molecule has 0 spiro atoms. The molecule has 1 rings (SSSR count). The maximum Gasteiger partial charge on any atom is 0.254 e. The van der Waals surface area contributed by atoms with Crippen LogP contribution in [0.5, 0.6) is 0 Å². The lowest BCUT2D eigenvalue weighted by molar-refractivity contribution is 0.0921. The van der Waals surface area contributed by atoms with Crippen LogP contribution in [0.4, 0.5) is 4.39 Å². The van der Waals surface area contributed by atoms with Crippen molar-refractivity contribution in [2.24, 2.45) is 5.92 Å². The van der Waals surface area contributed by atoms with Gasteiger partial charge in [0.2, 0.25) is 0 Å². The van der Waals surface area contributed by atoms with Gasteiger partial charge in [-0.2, -0.15) is 0 Å².